The highest BCUT2D eigenvalue weighted by molar-refractivity contribution is 9.10. The molecule has 1 aromatic heterocycles. The van der Waals surface area contributed by atoms with Crippen LogP contribution >= 0.6 is 27.3 Å². The average molecular weight is 429 g/mol. The van der Waals surface area contributed by atoms with E-state index in [4.69, 9.17) is 15.9 Å². The molecule has 0 radical (unpaired) electrons. The van der Waals surface area contributed by atoms with Gasteiger partial charge in [-0.25, -0.2) is 0 Å². The number of halogens is 1. The Labute approximate surface area is 162 Å². The first-order valence-electron chi connectivity index (χ1n) is 7.85. The second-order valence-electron chi connectivity index (χ2n) is 5.60. The van der Waals surface area contributed by atoms with Crippen LogP contribution in [0.25, 0.3) is 10.2 Å². The molecule has 0 saturated carbocycles. The Morgan fingerprint density at radius 3 is 2.96 bits per heavy atom. The summed E-state index contributed by atoms with van der Waals surface area (Å²) in [5.74, 6) is 3.40. The largest absolute Gasteiger partial charge is 0.485 e. The highest BCUT2D eigenvalue weighted by atomic mass is 79.9. The second kappa shape index (κ2) is 6.98. The number of ether oxygens (including phenoxy) is 2. The summed E-state index contributed by atoms with van der Waals surface area (Å²) in [7, 11) is 0. The molecule has 1 aliphatic heterocycles. The number of carbonyl (C=O) groups is 1. The van der Waals surface area contributed by atoms with Gasteiger partial charge in [-0.2, -0.15) is 4.99 Å². The summed E-state index contributed by atoms with van der Waals surface area (Å²) in [4.78, 5) is 17.5. The maximum Gasteiger partial charge on any atom is 0.292 e. The van der Waals surface area contributed by atoms with E-state index in [9.17, 15) is 4.79 Å². The lowest BCUT2D eigenvalue weighted by molar-refractivity contribution is -0.127. The molecule has 1 aliphatic rings. The molecule has 3 aromatic rings. The Balaban J connectivity index is 1.71. The molecular formula is C19H13BrN2O3S. The topological polar surface area (TPSA) is 52.8 Å². The molecule has 0 spiro atoms. The van der Waals surface area contributed by atoms with E-state index in [2.05, 4.69) is 26.8 Å². The first-order valence-corrected chi connectivity index (χ1v) is 9.46. The number of fused-ring (bicyclic) bond motifs is 2. The van der Waals surface area contributed by atoms with Crippen molar-refractivity contribution in [1.29, 1.82) is 0 Å². The number of thiazole rings is 1. The minimum atomic E-state index is -0.777. The third-order valence-electron chi connectivity index (χ3n) is 3.88. The van der Waals surface area contributed by atoms with Crippen molar-refractivity contribution in [3.8, 4) is 23.8 Å². The maximum absolute atomic E-state index is 12.6. The third kappa shape index (κ3) is 3.14. The Bertz CT molecular complexity index is 1110. The first kappa shape index (κ1) is 16.9. The van der Waals surface area contributed by atoms with Crippen LogP contribution in [0.1, 0.15) is 0 Å². The number of hydrogen-bond acceptors (Lipinski definition) is 4. The SMILES string of the molecule is C#CCn1c(=NC(=O)[C@@H]2COc3ccccc3O2)sc2cc(Br)ccc21. The summed E-state index contributed by atoms with van der Waals surface area (Å²) in [6.45, 7) is 0.462. The first-order chi connectivity index (χ1) is 12.7. The van der Waals surface area contributed by atoms with Crippen LogP contribution in [0.2, 0.25) is 0 Å². The van der Waals surface area contributed by atoms with Gasteiger partial charge in [0, 0.05) is 4.47 Å². The minimum absolute atomic E-state index is 0.130. The fourth-order valence-electron chi connectivity index (χ4n) is 2.68. The van der Waals surface area contributed by atoms with Gasteiger partial charge in [0.05, 0.1) is 16.8 Å². The van der Waals surface area contributed by atoms with E-state index in [1.165, 1.54) is 11.3 Å². The van der Waals surface area contributed by atoms with Gasteiger partial charge in [0.15, 0.2) is 16.3 Å². The van der Waals surface area contributed by atoms with E-state index >= 15 is 0 Å². The highest BCUT2D eigenvalue weighted by Gasteiger charge is 2.27. The van der Waals surface area contributed by atoms with Gasteiger partial charge < -0.3 is 14.0 Å². The molecule has 0 bridgehead atoms. The molecule has 4 rings (SSSR count). The third-order valence-corrected chi connectivity index (χ3v) is 5.42. The molecule has 2 aromatic carbocycles. The summed E-state index contributed by atoms with van der Waals surface area (Å²) in [5.41, 5.74) is 0.939. The molecule has 7 heteroatoms. The van der Waals surface area contributed by atoms with Gasteiger partial charge in [0.25, 0.3) is 5.91 Å². The summed E-state index contributed by atoms with van der Waals surface area (Å²) in [6, 6.07) is 13.1. The number of amides is 1. The van der Waals surface area contributed by atoms with Gasteiger partial charge in [-0.15, -0.1) is 6.42 Å². The van der Waals surface area contributed by atoms with Crippen LogP contribution < -0.4 is 14.3 Å². The van der Waals surface area contributed by atoms with E-state index in [0.29, 0.717) is 22.8 Å². The van der Waals surface area contributed by atoms with Crippen LogP contribution in [-0.4, -0.2) is 23.2 Å². The zero-order chi connectivity index (χ0) is 18.1. The Kier molecular flexibility index (Phi) is 4.53. The van der Waals surface area contributed by atoms with Crippen molar-refractivity contribution in [1.82, 2.24) is 4.57 Å². The van der Waals surface area contributed by atoms with Crippen LogP contribution in [0.15, 0.2) is 51.9 Å². The summed E-state index contributed by atoms with van der Waals surface area (Å²) < 4.78 is 15.1. The fraction of sp³-hybridized carbons (Fsp3) is 0.158. The minimum Gasteiger partial charge on any atom is -0.485 e. The van der Waals surface area contributed by atoms with Crippen LogP contribution in [0.4, 0.5) is 0 Å². The maximum atomic E-state index is 12.6. The highest BCUT2D eigenvalue weighted by Crippen LogP contribution is 2.31. The quantitative estimate of drug-likeness (QED) is 0.588. The molecule has 26 heavy (non-hydrogen) atoms. The van der Waals surface area contributed by atoms with Crippen LogP contribution in [0.3, 0.4) is 0 Å². The van der Waals surface area contributed by atoms with E-state index in [0.717, 1.165) is 14.7 Å². The van der Waals surface area contributed by atoms with Crippen LogP contribution in [0.5, 0.6) is 11.5 Å². The monoisotopic (exact) mass is 428 g/mol. The van der Waals surface area contributed by atoms with Gasteiger partial charge in [0.2, 0.25) is 6.10 Å². The molecule has 0 fully saturated rings. The van der Waals surface area contributed by atoms with Gasteiger partial charge in [0.1, 0.15) is 6.61 Å². The van der Waals surface area contributed by atoms with Gasteiger partial charge in [-0.1, -0.05) is 45.3 Å². The zero-order valence-electron chi connectivity index (χ0n) is 13.5. The van der Waals surface area contributed by atoms with Crippen molar-refractivity contribution < 1.29 is 14.3 Å². The van der Waals surface area contributed by atoms with Crippen molar-refractivity contribution in [2.24, 2.45) is 4.99 Å². The second-order valence-corrected chi connectivity index (χ2v) is 7.53. The van der Waals surface area contributed by atoms with E-state index < -0.39 is 12.0 Å². The molecule has 130 valence electrons. The molecule has 2 heterocycles. The average Bonchev–Trinajstić information content (AvgIpc) is 2.98. The Morgan fingerprint density at radius 2 is 2.15 bits per heavy atom. The van der Waals surface area contributed by atoms with E-state index in [1.54, 1.807) is 12.1 Å². The molecule has 1 amide bonds. The van der Waals surface area contributed by atoms with E-state index in [-0.39, 0.29) is 6.61 Å². The number of para-hydroxylation sites is 2. The van der Waals surface area contributed by atoms with Crippen LogP contribution in [-0.2, 0) is 11.3 Å². The van der Waals surface area contributed by atoms with Crippen molar-refractivity contribution >= 4 is 43.4 Å². The number of benzene rings is 2. The fourth-order valence-corrected chi connectivity index (χ4v) is 4.27. The number of carbonyl (C=O) groups excluding carboxylic acids is 1. The lowest BCUT2D eigenvalue weighted by Crippen LogP contribution is -2.36. The number of aromatic nitrogens is 1. The normalized spacial score (nSPS) is 16.5. The predicted molar refractivity (Wildman–Crippen MR) is 103 cm³/mol. The predicted octanol–water partition coefficient (Wildman–Crippen LogP) is 3.37. The Hall–Kier alpha value is -2.56. The molecule has 0 N–H and O–H groups in total. The Morgan fingerprint density at radius 1 is 1.35 bits per heavy atom. The molecule has 0 unspecified atom stereocenters. The summed E-state index contributed by atoms with van der Waals surface area (Å²) in [5, 5.41) is 0. The van der Waals surface area contributed by atoms with Crippen molar-refractivity contribution in [2.75, 3.05) is 6.61 Å². The standard InChI is InChI=1S/C19H13BrN2O3S/c1-2-9-22-13-8-7-12(20)10-17(13)26-19(22)21-18(23)16-11-24-14-5-3-4-6-15(14)25-16/h1,3-8,10,16H,9,11H2/t16-/m0/s1. The van der Waals surface area contributed by atoms with Crippen molar-refractivity contribution in [3.63, 3.8) is 0 Å². The number of nitrogens with zero attached hydrogens (tertiary/aromatic N) is 2. The van der Waals surface area contributed by atoms with Crippen LogP contribution in [0, 0.1) is 12.3 Å². The van der Waals surface area contributed by atoms with E-state index in [1.807, 2.05) is 34.9 Å². The lowest BCUT2D eigenvalue weighted by Gasteiger charge is -2.23. The number of terminal acetylenes is 1. The molecule has 5 nitrogen and oxygen atoms in total. The van der Waals surface area contributed by atoms with Crippen molar-refractivity contribution in [3.05, 3.63) is 51.7 Å². The van der Waals surface area contributed by atoms with Gasteiger partial charge >= 0.3 is 0 Å². The number of hydrogen-bond donors (Lipinski definition) is 0. The van der Waals surface area contributed by atoms with Crippen molar-refractivity contribution in [2.45, 2.75) is 12.6 Å². The molecule has 0 aliphatic carbocycles. The summed E-state index contributed by atoms with van der Waals surface area (Å²) >= 11 is 4.87. The molecule has 1 atom stereocenters. The lowest BCUT2D eigenvalue weighted by atomic mass is 10.2. The van der Waals surface area contributed by atoms with Gasteiger partial charge in [-0.3, -0.25) is 4.79 Å². The zero-order valence-corrected chi connectivity index (χ0v) is 15.9. The number of rotatable bonds is 2. The van der Waals surface area contributed by atoms with Gasteiger partial charge in [-0.05, 0) is 30.3 Å². The summed E-state index contributed by atoms with van der Waals surface area (Å²) in [6.07, 6.45) is 4.71. The smallest absolute Gasteiger partial charge is 0.292 e. The molecular weight excluding hydrogens is 416 g/mol. The molecule has 0 saturated heterocycles.